The van der Waals surface area contributed by atoms with Gasteiger partial charge in [-0.1, -0.05) is 66.0 Å². The van der Waals surface area contributed by atoms with Crippen LogP contribution < -0.4 is 16.0 Å². The maximum absolute atomic E-state index is 13.8. The van der Waals surface area contributed by atoms with Crippen LogP contribution in [-0.4, -0.2) is 83.5 Å². The van der Waals surface area contributed by atoms with Gasteiger partial charge in [0.15, 0.2) is 0 Å². The third-order valence-corrected chi connectivity index (χ3v) is 17.3. The first kappa shape index (κ1) is 58.7. The zero-order valence-corrected chi connectivity index (χ0v) is 47.1. The van der Waals surface area contributed by atoms with E-state index < -0.39 is 34.5 Å². The van der Waals surface area contributed by atoms with E-state index in [0.717, 1.165) is 93.0 Å². The zero-order valence-electron chi connectivity index (χ0n) is 47.1. The van der Waals surface area contributed by atoms with E-state index in [1.807, 2.05) is 74.1 Å². The highest BCUT2D eigenvalue weighted by molar-refractivity contribution is 5.77. The van der Waals surface area contributed by atoms with Crippen molar-refractivity contribution in [3.63, 3.8) is 0 Å². The zero-order chi connectivity index (χ0) is 51.6. The largest absolute Gasteiger partial charge is 0.462 e. The molecule has 0 heterocycles. The van der Waals surface area contributed by atoms with Crippen LogP contribution in [0.3, 0.4) is 0 Å². The molecule has 4 rings (SSSR count). The van der Waals surface area contributed by atoms with Gasteiger partial charge in [-0.15, -0.1) is 0 Å². The fourth-order valence-corrected chi connectivity index (χ4v) is 13.3. The molecule has 0 radical (unpaired) electrons. The molecular weight excluding hydrogens is 865 g/mol. The number of amides is 3. The Bertz CT molecular complexity index is 1710. The predicted molar refractivity (Wildman–Crippen MR) is 281 cm³/mol. The first-order valence-electron chi connectivity index (χ1n) is 27.9. The van der Waals surface area contributed by atoms with Crippen LogP contribution in [0.5, 0.6) is 0 Å². The molecule has 2 unspecified atom stereocenters. The third-order valence-electron chi connectivity index (χ3n) is 17.3. The van der Waals surface area contributed by atoms with Gasteiger partial charge in [-0.05, 0) is 218 Å². The first-order chi connectivity index (χ1) is 32.0. The van der Waals surface area contributed by atoms with Crippen molar-refractivity contribution in [3.8, 4) is 0 Å². The number of esters is 1. The fourth-order valence-electron chi connectivity index (χ4n) is 13.3. The average Bonchev–Trinajstić information content (AvgIpc) is 3.57. The van der Waals surface area contributed by atoms with Crippen LogP contribution in [0, 0.1) is 52.3 Å². The van der Waals surface area contributed by atoms with Crippen LogP contribution in [0.4, 0.5) is 9.59 Å². The summed E-state index contributed by atoms with van der Waals surface area (Å²) in [5, 5.41) is 9.43. The summed E-state index contributed by atoms with van der Waals surface area (Å²) in [7, 11) is 0. The number of carbonyl (C=O) groups excluding carboxylic acids is 4. The standard InChI is InChI=1S/C58H104N4O7/c1-17-42(40(2)3)24-23-41(4)46-27-28-47-45-26-25-43-39-44(29-31-57(43,15)48(45)30-32-58(46,47)16)67-50(64)22-20-21-49(63)62(38-34-56(13,14)61-52(66)69-54(8,9)10)37-19-18-35-59-36-33-55(11,12)60-51(65)68-53(5,6)7/h25,40-42,44-48,59H,17-24,26-39H2,1-16H3,(H,60,65)(H,61,66)/t41?,42?,44-,45-,46+,47-,48-,57-,58+/m0/s1. The van der Waals surface area contributed by atoms with Crippen molar-refractivity contribution in [2.24, 2.45) is 52.3 Å². The Hall–Kier alpha value is -2.82. The molecular formula is C58H104N4O7. The Morgan fingerprint density at radius 1 is 0.739 bits per heavy atom. The minimum absolute atomic E-state index is 0.0111. The molecule has 0 aliphatic heterocycles. The van der Waals surface area contributed by atoms with Crippen LogP contribution in [-0.2, 0) is 23.8 Å². The number of ether oxygens (including phenoxy) is 3. The molecule has 0 saturated heterocycles. The maximum Gasteiger partial charge on any atom is 0.408 e. The van der Waals surface area contributed by atoms with Gasteiger partial charge in [0.05, 0.1) is 0 Å². The van der Waals surface area contributed by atoms with Crippen molar-refractivity contribution in [1.82, 2.24) is 20.9 Å². The Labute approximate surface area is 421 Å². The van der Waals surface area contributed by atoms with E-state index in [2.05, 4.69) is 63.6 Å². The van der Waals surface area contributed by atoms with E-state index in [-0.39, 0.29) is 36.2 Å². The Morgan fingerprint density at radius 2 is 1.38 bits per heavy atom. The quantitative estimate of drug-likeness (QED) is 0.0377. The fraction of sp³-hybridized carbons (Fsp3) is 0.897. The molecule has 3 amide bonds. The molecule has 0 spiro atoms. The van der Waals surface area contributed by atoms with Crippen LogP contribution >= 0.6 is 0 Å². The predicted octanol–water partition coefficient (Wildman–Crippen LogP) is 13.3. The Balaban J connectivity index is 1.26. The molecule has 11 nitrogen and oxygen atoms in total. The number of alkyl carbamates (subject to hydrolysis) is 2. The van der Waals surface area contributed by atoms with E-state index in [9.17, 15) is 19.2 Å². The van der Waals surface area contributed by atoms with Crippen molar-refractivity contribution < 1.29 is 33.4 Å². The minimum Gasteiger partial charge on any atom is -0.462 e. The van der Waals surface area contributed by atoms with Crippen LogP contribution in [0.2, 0.25) is 0 Å². The molecule has 398 valence electrons. The number of nitrogens with zero attached hydrogens (tertiary/aromatic N) is 1. The summed E-state index contributed by atoms with van der Waals surface area (Å²) in [6.07, 6.45) is 19.0. The van der Waals surface area contributed by atoms with Gasteiger partial charge in [-0.3, -0.25) is 9.59 Å². The molecule has 3 N–H and O–H groups in total. The second kappa shape index (κ2) is 24.7. The van der Waals surface area contributed by atoms with Gasteiger partial charge in [-0.2, -0.15) is 0 Å². The minimum atomic E-state index is -0.613. The number of allylic oxidation sites excluding steroid dienone is 1. The molecule has 4 aliphatic carbocycles. The van der Waals surface area contributed by atoms with Crippen LogP contribution in [0.25, 0.3) is 0 Å². The molecule has 3 saturated carbocycles. The molecule has 0 aromatic carbocycles. The number of nitrogens with one attached hydrogen (secondary N) is 3. The second-order valence-corrected chi connectivity index (χ2v) is 26.5. The Morgan fingerprint density at radius 3 is 1.99 bits per heavy atom. The number of unbranched alkanes of at least 4 members (excludes halogenated alkanes) is 1. The van der Waals surface area contributed by atoms with Gasteiger partial charge in [0, 0.05) is 43.4 Å². The monoisotopic (exact) mass is 969 g/mol. The molecule has 9 atom stereocenters. The van der Waals surface area contributed by atoms with E-state index in [4.69, 9.17) is 14.2 Å². The summed E-state index contributed by atoms with van der Waals surface area (Å²) in [4.78, 5) is 54.0. The number of hydrogen-bond donors (Lipinski definition) is 3. The number of fused-ring (bicyclic) bond motifs is 5. The molecule has 4 aliphatic rings. The van der Waals surface area contributed by atoms with Gasteiger partial charge in [-0.25, -0.2) is 9.59 Å². The van der Waals surface area contributed by atoms with Gasteiger partial charge >= 0.3 is 18.2 Å². The topological polar surface area (TPSA) is 135 Å². The van der Waals surface area contributed by atoms with Gasteiger partial charge in [0.1, 0.15) is 17.3 Å². The smallest absolute Gasteiger partial charge is 0.408 e. The molecule has 0 aromatic heterocycles. The number of rotatable bonds is 24. The molecule has 11 heteroatoms. The van der Waals surface area contributed by atoms with Crippen molar-refractivity contribution >= 4 is 24.1 Å². The number of carbonyl (C=O) groups is 4. The summed E-state index contributed by atoms with van der Waals surface area (Å²) in [5.74, 6) is 5.40. The maximum atomic E-state index is 13.8. The normalized spacial score (nSPS) is 27.0. The molecule has 69 heavy (non-hydrogen) atoms. The lowest BCUT2D eigenvalue weighted by molar-refractivity contribution is -0.151. The second-order valence-electron chi connectivity index (χ2n) is 26.5. The highest BCUT2D eigenvalue weighted by Crippen LogP contribution is 2.67. The van der Waals surface area contributed by atoms with Crippen LogP contribution in [0.15, 0.2) is 11.6 Å². The molecule has 3 fully saturated rings. The van der Waals surface area contributed by atoms with Gasteiger partial charge < -0.3 is 35.1 Å². The average molecular weight is 969 g/mol. The van der Waals surface area contributed by atoms with E-state index in [0.29, 0.717) is 31.3 Å². The SMILES string of the molecule is CCC(CCC(C)[C@H]1CC[C@H]2[C@@H]3CC=C4C[C@@H](OC(=O)CCCC(=O)N(CCCCNCCC(C)(C)NC(=O)OC(C)(C)C)CCC(C)(C)NC(=O)OC(C)(C)C)CC[C@]4(C)[C@H]3CC[C@]12C)C(C)C. The number of hydrogen-bond acceptors (Lipinski definition) is 8. The Kier molecular flexibility index (Phi) is 21.1. The highest BCUT2D eigenvalue weighted by Gasteiger charge is 2.59. The van der Waals surface area contributed by atoms with Gasteiger partial charge in [0.2, 0.25) is 5.91 Å². The molecule has 0 bridgehead atoms. The van der Waals surface area contributed by atoms with Crippen molar-refractivity contribution in [1.29, 1.82) is 0 Å². The summed E-state index contributed by atoms with van der Waals surface area (Å²) in [5.41, 5.74) is -0.00408. The third kappa shape index (κ3) is 17.7. The van der Waals surface area contributed by atoms with Crippen molar-refractivity contribution in [2.75, 3.05) is 26.2 Å². The summed E-state index contributed by atoms with van der Waals surface area (Å²) < 4.78 is 17.1. The van der Waals surface area contributed by atoms with E-state index >= 15 is 0 Å². The summed E-state index contributed by atoms with van der Waals surface area (Å²) >= 11 is 0. The lowest BCUT2D eigenvalue weighted by Crippen LogP contribution is -2.51. The van der Waals surface area contributed by atoms with E-state index in [1.54, 1.807) is 0 Å². The lowest BCUT2D eigenvalue weighted by Gasteiger charge is -2.58. The van der Waals surface area contributed by atoms with E-state index in [1.165, 1.54) is 56.9 Å². The van der Waals surface area contributed by atoms with Crippen LogP contribution in [0.1, 0.15) is 226 Å². The summed E-state index contributed by atoms with van der Waals surface area (Å²) in [6, 6.07) is 0. The molecule has 0 aromatic rings. The van der Waals surface area contributed by atoms with Crippen molar-refractivity contribution in [2.45, 2.75) is 255 Å². The van der Waals surface area contributed by atoms with Crippen molar-refractivity contribution in [3.05, 3.63) is 11.6 Å². The first-order valence-corrected chi connectivity index (χ1v) is 27.9. The van der Waals surface area contributed by atoms with Gasteiger partial charge in [0.25, 0.3) is 0 Å². The lowest BCUT2D eigenvalue weighted by atomic mass is 9.47. The highest BCUT2D eigenvalue weighted by atomic mass is 16.6. The summed E-state index contributed by atoms with van der Waals surface area (Å²) in [6.45, 7) is 36.5.